The van der Waals surface area contributed by atoms with E-state index in [0.29, 0.717) is 5.75 Å². The minimum Gasteiger partial charge on any atom is -0.490 e. The molecule has 7 nitrogen and oxygen atoms in total. The van der Waals surface area contributed by atoms with Crippen LogP contribution in [-0.4, -0.2) is 28.3 Å². The van der Waals surface area contributed by atoms with Crippen LogP contribution in [-0.2, 0) is 29.0 Å². The van der Waals surface area contributed by atoms with E-state index in [0.717, 1.165) is 10.6 Å². The number of nitrogens with zero attached hydrogens (tertiary/aromatic N) is 2. The lowest BCUT2D eigenvalue weighted by Gasteiger charge is -2.19. The molecule has 0 amide bonds. The zero-order valence-corrected chi connectivity index (χ0v) is 16.9. The van der Waals surface area contributed by atoms with Crippen molar-refractivity contribution in [2.24, 2.45) is 14.1 Å². The third-order valence-corrected chi connectivity index (χ3v) is 4.19. The summed E-state index contributed by atoms with van der Waals surface area (Å²) < 4.78 is 12.9. The van der Waals surface area contributed by atoms with Crippen LogP contribution in [0, 0.1) is 0 Å². The number of hydrogen-bond donors (Lipinski definition) is 0. The Hall–Kier alpha value is -3.09. The molecular weight excluding hydrogens is 360 g/mol. The van der Waals surface area contributed by atoms with E-state index >= 15 is 0 Å². The van der Waals surface area contributed by atoms with E-state index in [1.165, 1.54) is 36.5 Å². The predicted octanol–water partition coefficient (Wildman–Crippen LogP) is 2.02. The topological polar surface area (TPSA) is 79.5 Å². The van der Waals surface area contributed by atoms with Crippen molar-refractivity contribution in [2.75, 3.05) is 13.2 Å². The maximum Gasteiger partial charge on any atom is 0.330 e. The van der Waals surface area contributed by atoms with E-state index < -0.39 is 17.2 Å². The molecule has 2 aromatic rings. The Labute approximate surface area is 163 Å². The first-order valence-corrected chi connectivity index (χ1v) is 8.94. The van der Waals surface area contributed by atoms with Gasteiger partial charge in [0.05, 0.1) is 5.56 Å². The molecule has 0 unspecified atom stereocenters. The summed E-state index contributed by atoms with van der Waals surface area (Å²) in [6.45, 7) is 6.72. The molecule has 0 aliphatic rings. The molecule has 0 radical (unpaired) electrons. The summed E-state index contributed by atoms with van der Waals surface area (Å²) in [7, 11) is 2.91. The Morgan fingerprint density at radius 2 is 1.71 bits per heavy atom. The van der Waals surface area contributed by atoms with Crippen molar-refractivity contribution in [2.45, 2.75) is 26.2 Å². The van der Waals surface area contributed by atoms with Crippen molar-refractivity contribution in [1.82, 2.24) is 9.13 Å². The molecule has 0 aliphatic heterocycles. The Morgan fingerprint density at radius 3 is 2.32 bits per heavy atom. The van der Waals surface area contributed by atoms with Crippen molar-refractivity contribution in [3.05, 3.63) is 68.5 Å². The van der Waals surface area contributed by atoms with Gasteiger partial charge in [-0.3, -0.25) is 9.36 Å². The highest BCUT2D eigenvalue weighted by Crippen LogP contribution is 2.24. The van der Waals surface area contributed by atoms with Gasteiger partial charge in [0.15, 0.2) is 0 Å². The first kappa shape index (κ1) is 21.2. The second-order valence-electron chi connectivity index (χ2n) is 7.47. The highest BCUT2D eigenvalue weighted by Gasteiger charge is 2.13. The summed E-state index contributed by atoms with van der Waals surface area (Å²) in [5, 5.41) is 0. The number of hydrogen-bond acceptors (Lipinski definition) is 5. The maximum absolute atomic E-state index is 12.0. The number of rotatable bonds is 6. The van der Waals surface area contributed by atoms with Crippen LogP contribution in [0.15, 0.2) is 46.1 Å². The molecule has 150 valence electrons. The van der Waals surface area contributed by atoms with Gasteiger partial charge in [0, 0.05) is 26.4 Å². The molecule has 7 heteroatoms. The van der Waals surface area contributed by atoms with E-state index in [-0.39, 0.29) is 24.2 Å². The van der Waals surface area contributed by atoms with E-state index in [4.69, 9.17) is 9.47 Å². The van der Waals surface area contributed by atoms with Gasteiger partial charge in [-0.05, 0) is 29.2 Å². The van der Waals surface area contributed by atoms with Gasteiger partial charge >= 0.3 is 11.7 Å². The smallest absolute Gasteiger partial charge is 0.330 e. The molecule has 28 heavy (non-hydrogen) atoms. The van der Waals surface area contributed by atoms with Gasteiger partial charge in [-0.2, -0.15) is 0 Å². The van der Waals surface area contributed by atoms with Crippen molar-refractivity contribution >= 4 is 12.0 Å². The van der Waals surface area contributed by atoms with E-state index in [9.17, 15) is 14.4 Å². The van der Waals surface area contributed by atoms with Crippen molar-refractivity contribution < 1.29 is 14.3 Å². The molecule has 0 saturated heterocycles. The summed E-state index contributed by atoms with van der Waals surface area (Å²) in [5.74, 6) is 0.107. The fraction of sp³-hybridized carbons (Fsp3) is 0.381. The third-order valence-electron chi connectivity index (χ3n) is 4.19. The molecule has 2 rings (SSSR count). The van der Waals surface area contributed by atoms with Gasteiger partial charge in [0.25, 0.3) is 5.56 Å². The van der Waals surface area contributed by atoms with Crippen molar-refractivity contribution in [3.8, 4) is 5.75 Å². The minimum absolute atomic E-state index is 0.0758. The van der Waals surface area contributed by atoms with E-state index in [1.54, 1.807) is 0 Å². The first-order valence-electron chi connectivity index (χ1n) is 8.94. The van der Waals surface area contributed by atoms with Crippen LogP contribution in [0.3, 0.4) is 0 Å². The molecule has 0 saturated carbocycles. The van der Waals surface area contributed by atoms with Gasteiger partial charge in [-0.1, -0.05) is 32.9 Å². The van der Waals surface area contributed by atoms with Gasteiger partial charge in [-0.25, -0.2) is 9.59 Å². The molecule has 0 fully saturated rings. The summed E-state index contributed by atoms with van der Waals surface area (Å²) in [6.07, 6.45) is 3.86. The Kier molecular flexibility index (Phi) is 6.62. The number of aryl methyl sites for hydroxylation is 1. The molecule has 0 atom stereocenters. The van der Waals surface area contributed by atoms with Crippen LogP contribution in [0.5, 0.6) is 5.75 Å². The molecule has 0 spiro atoms. The zero-order valence-electron chi connectivity index (χ0n) is 16.9. The normalized spacial score (nSPS) is 11.6. The summed E-state index contributed by atoms with van der Waals surface area (Å²) in [5.41, 5.74) is 0.594. The average molecular weight is 386 g/mol. The van der Waals surface area contributed by atoms with Crippen LogP contribution >= 0.6 is 0 Å². The van der Waals surface area contributed by atoms with E-state index in [2.05, 4.69) is 20.8 Å². The van der Waals surface area contributed by atoms with Crippen LogP contribution < -0.4 is 16.0 Å². The number of ether oxygens (including phenoxy) is 2. The fourth-order valence-electron chi connectivity index (χ4n) is 2.51. The second kappa shape index (κ2) is 8.73. The molecule has 1 aromatic heterocycles. The highest BCUT2D eigenvalue weighted by atomic mass is 16.6. The van der Waals surface area contributed by atoms with Crippen LogP contribution in [0.4, 0.5) is 0 Å². The Bertz CT molecular complexity index is 976. The number of esters is 1. The number of carbonyl (C=O) groups is 1. The summed E-state index contributed by atoms with van der Waals surface area (Å²) in [6, 6.07) is 7.80. The fourth-order valence-corrected chi connectivity index (χ4v) is 2.51. The predicted molar refractivity (Wildman–Crippen MR) is 108 cm³/mol. The maximum atomic E-state index is 12.0. The Morgan fingerprint density at radius 1 is 1.07 bits per heavy atom. The molecule has 1 heterocycles. The van der Waals surface area contributed by atoms with Crippen molar-refractivity contribution in [3.63, 3.8) is 0 Å². The number of aromatic nitrogens is 2. The molecular formula is C21H26N2O5. The van der Waals surface area contributed by atoms with Crippen molar-refractivity contribution in [1.29, 1.82) is 0 Å². The molecule has 1 aromatic carbocycles. The van der Waals surface area contributed by atoms with Gasteiger partial charge in [-0.15, -0.1) is 0 Å². The molecule has 0 N–H and O–H groups in total. The minimum atomic E-state index is -0.595. The van der Waals surface area contributed by atoms with Gasteiger partial charge in [0.2, 0.25) is 0 Å². The standard InChI is InChI=1S/C21H26N2O5/c1-21(2,3)16-7-9-17(10-8-16)27-12-13-28-18(24)11-6-15-14-22(4)20(26)23(5)19(15)25/h6-11,14H,12-13H2,1-5H3/b11-6+. The van der Waals surface area contributed by atoms with Crippen LogP contribution in [0.25, 0.3) is 6.08 Å². The monoisotopic (exact) mass is 386 g/mol. The summed E-state index contributed by atoms with van der Waals surface area (Å²) >= 11 is 0. The number of carbonyl (C=O) groups excluding carboxylic acids is 1. The number of benzene rings is 1. The molecule has 0 bridgehead atoms. The van der Waals surface area contributed by atoms with Gasteiger partial charge in [0.1, 0.15) is 19.0 Å². The zero-order chi connectivity index (χ0) is 20.9. The van der Waals surface area contributed by atoms with Crippen LogP contribution in [0.2, 0.25) is 0 Å². The lowest BCUT2D eigenvalue weighted by atomic mass is 9.87. The average Bonchev–Trinajstić information content (AvgIpc) is 2.65. The SMILES string of the molecule is Cn1cc(/C=C/C(=O)OCCOc2ccc(C(C)(C)C)cc2)c(=O)n(C)c1=O. The van der Waals surface area contributed by atoms with Gasteiger partial charge < -0.3 is 14.0 Å². The highest BCUT2D eigenvalue weighted by molar-refractivity contribution is 5.86. The lowest BCUT2D eigenvalue weighted by Crippen LogP contribution is -2.37. The van der Waals surface area contributed by atoms with E-state index in [1.807, 2.05) is 24.3 Å². The largest absolute Gasteiger partial charge is 0.490 e. The lowest BCUT2D eigenvalue weighted by molar-refractivity contribution is -0.138. The quantitative estimate of drug-likeness (QED) is 0.431. The summed E-state index contributed by atoms with van der Waals surface area (Å²) in [4.78, 5) is 35.4. The second-order valence-corrected chi connectivity index (χ2v) is 7.47. The molecule has 0 aliphatic carbocycles. The van der Waals surface area contributed by atoms with Crippen LogP contribution in [0.1, 0.15) is 31.9 Å². The first-order chi connectivity index (χ1) is 13.1. The Balaban J connectivity index is 1.84. The third kappa shape index (κ3) is 5.45.